The number of benzene rings is 2. The Balaban J connectivity index is 1.43. The Labute approximate surface area is 168 Å². The van der Waals surface area contributed by atoms with E-state index in [9.17, 15) is 4.79 Å². The summed E-state index contributed by atoms with van der Waals surface area (Å²) in [6.45, 7) is 2.31. The number of carbonyl (C=O) groups is 1. The summed E-state index contributed by atoms with van der Waals surface area (Å²) < 4.78 is 16.5. The van der Waals surface area contributed by atoms with E-state index in [1.807, 2.05) is 61.5 Å². The zero-order valence-corrected chi connectivity index (χ0v) is 15.9. The number of furan rings is 1. The number of rotatable bonds is 7. The fraction of sp³-hybridized carbons (Fsp3) is 0.130. The minimum atomic E-state index is -0.434. The van der Waals surface area contributed by atoms with Crippen LogP contribution in [0, 0.1) is 6.92 Å². The van der Waals surface area contributed by atoms with Crippen molar-refractivity contribution in [3.8, 4) is 11.5 Å². The molecule has 6 nitrogen and oxygen atoms in total. The molecule has 4 rings (SSSR count). The molecule has 0 saturated carbocycles. The molecule has 2 aromatic carbocycles. The minimum Gasteiger partial charge on any atom is -0.467 e. The molecule has 6 heteroatoms. The first-order chi connectivity index (χ1) is 14.2. The zero-order chi connectivity index (χ0) is 20.1. The molecular weight excluding hydrogens is 368 g/mol. The zero-order valence-electron chi connectivity index (χ0n) is 15.9. The van der Waals surface area contributed by atoms with E-state index in [1.54, 1.807) is 18.4 Å². The van der Waals surface area contributed by atoms with E-state index in [0.717, 1.165) is 11.3 Å². The molecule has 0 aliphatic rings. The van der Waals surface area contributed by atoms with Gasteiger partial charge in [-0.25, -0.2) is 9.78 Å². The average Bonchev–Trinajstić information content (AvgIpc) is 3.41. The van der Waals surface area contributed by atoms with Crippen LogP contribution in [-0.4, -0.2) is 11.0 Å². The standard InChI is InChI=1S/C23H20N2O4/c1-16-21(25-22(29-16)17-8-3-2-4-9-17)15-28-23(26)19-11-5-6-12-20(19)24-14-18-10-7-13-27-18/h2-13,24H,14-15H2,1H3. The van der Waals surface area contributed by atoms with Crippen molar-refractivity contribution in [2.45, 2.75) is 20.1 Å². The molecule has 0 fully saturated rings. The largest absolute Gasteiger partial charge is 0.467 e. The van der Waals surface area contributed by atoms with Crippen LogP contribution < -0.4 is 5.32 Å². The highest BCUT2D eigenvalue weighted by Crippen LogP contribution is 2.23. The molecule has 0 amide bonds. The van der Waals surface area contributed by atoms with Crippen LogP contribution in [0.2, 0.25) is 0 Å². The van der Waals surface area contributed by atoms with E-state index < -0.39 is 5.97 Å². The van der Waals surface area contributed by atoms with Gasteiger partial charge >= 0.3 is 5.97 Å². The number of ether oxygens (including phenoxy) is 1. The van der Waals surface area contributed by atoms with Gasteiger partial charge in [-0.05, 0) is 43.3 Å². The van der Waals surface area contributed by atoms with Gasteiger partial charge in [0, 0.05) is 11.3 Å². The maximum atomic E-state index is 12.6. The lowest BCUT2D eigenvalue weighted by atomic mass is 10.2. The normalized spacial score (nSPS) is 10.7. The molecule has 1 N–H and O–H groups in total. The van der Waals surface area contributed by atoms with Crippen LogP contribution in [0.4, 0.5) is 5.69 Å². The van der Waals surface area contributed by atoms with Crippen molar-refractivity contribution in [1.29, 1.82) is 0 Å². The Morgan fingerprint density at radius 1 is 1.03 bits per heavy atom. The summed E-state index contributed by atoms with van der Waals surface area (Å²) in [5, 5.41) is 3.20. The van der Waals surface area contributed by atoms with Crippen molar-refractivity contribution >= 4 is 11.7 Å². The van der Waals surface area contributed by atoms with Gasteiger partial charge in [0.25, 0.3) is 0 Å². The van der Waals surface area contributed by atoms with E-state index in [4.69, 9.17) is 13.6 Å². The Kier molecular flexibility index (Phi) is 5.42. The van der Waals surface area contributed by atoms with E-state index in [0.29, 0.717) is 35.1 Å². The molecule has 0 bridgehead atoms. The van der Waals surface area contributed by atoms with Crippen molar-refractivity contribution < 1.29 is 18.4 Å². The lowest BCUT2D eigenvalue weighted by molar-refractivity contribution is 0.0468. The molecule has 0 aliphatic carbocycles. The van der Waals surface area contributed by atoms with E-state index in [-0.39, 0.29) is 6.61 Å². The third kappa shape index (κ3) is 4.38. The molecular formula is C23H20N2O4. The van der Waals surface area contributed by atoms with Crippen molar-refractivity contribution in [3.05, 3.63) is 95.8 Å². The van der Waals surface area contributed by atoms with Crippen LogP contribution in [0.25, 0.3) is 11.5 Å². The van der Waals surface area contributed by atoms with Gasteiger partial charge in [-0.1, -0.05) is 30.3 Å². The van der Waals surface area contributed by atoms with Gasteiger partial charge < -0.3 is 18.9 Å². The molecule has 4 aromatic rings. The number of aromatic nitrogens is 1. The molecule has 0 saturated heterocycles. The summed E-state index contributed by atoms with van der Waals surface area (Å²) in [6, 6.07) is 20.5. The summed E-state index contributed by atoms with van der Waals surface area (Å²) in [6.07, 6.45) is 1.61. The second kappa shape index (κ2) is 8.48. The van der Waals surface area contributed by atoms with Gasteiger partial charge in [-0.3, -0.25) is 0 Å². The average molecular weight is 388 g/mol. The van der Waals surface area contributed by atoms with Crippen molar-refractivity contribution in [2.75, 3.05) is 5.32 Å². The number of hydrogen-bond acceptors (Lipinski definition) is 6. The second-order valence-electron chi connectivity index (χ2n) is 6.44. The van der Waals surface area contributed by atoms with Gasteiger partial charge in [0.05, 0.1) is 18.4 Å². The number of aryl methyl sites for hydroxylation is 1. The Bertz CT molecular complexity index is 1090. The monoisotopic (exact) mass is 388 g/mol. The number of hydrogen-bond donors (Lipinski definition) is 1. The molecule has 29 heavy (non-hydrogen) atoms. The topological polar surface area (TPSA) is 77.5 Å². The quantitative estimate of drug-likeness (QED) is 0.438. The second-order valence-corrected chi connectivity index (χ2v) is 6.44. The van der Waals surface area contributed by atoms with Gasteiger partial charge in [0.2, 0.25) is 5.89 Å². The molecule has 2 heterocycles. The Morgan fingerprint density at radius 2 is 1.83 bits per heavy atom. The number of carbonyl (C=O) groups excluding carboxylic acids is 1. The SMILES string of the molecule is Cc1oc(-c2ccccc2)nc1COC(=O)c1ccccc1NCc1ccco1. The highest BCUT2D eigenvalue weighted by Gasteiger charge is 2.16. The number of nitrogens with zero attached hydrogens (tertiary/aromatic N) is 1. The van der Waals surface area contributed by atoms with Crippen molar-refractivity contribution in [3.63, 3.8) is 0 Å². The van der Waals surface area contributed by atoms with Gasteiger partial charge in [0.15, 0.2) is 0 Å². The van der Waals surface area contributed by atoms with Crippen LogP contribution in [0.3, 0.4) is 0 Å². The van der Waals surface area contributed by atoms with Crippen LogP contribution in [0.1, 0.15) is 27.6 Å². The lowest BCUT2D eigenvalue weighted by Crippen LogP contribution is -2.10. The predicted molar refractivity (Wildman–Crippen MR) is 108 cm³/mol. The molecule has 2 aromatic heterocycles. The fourth-order valence-corrected chi connectivity index (χ4v) is 2.89. The smallest absolute Gasteiger partial charge is 0.340 e. The first kappa shape index (κ1) is 18.6. The van der Waals surface area contributed by atoms with Crippen LogP contribution in [-0.2, 0) is 17.9 Å². The maximum absolute atomic E-state index is 12.6. The lowest BCUT2D eigenvalue weighted by Gasteiger charge is -2.10. The fourth-order valence-electron chi connectivity index (χ4n) is 2.89. The van der Waals surface area contributed by atoms with Gasteiger partial charge in [-0.15, -0.1) is 0 Å². The first-order valence-corrected chi connectivity index (χ1v) is 9.25. The Hall–Kier alpha value is -3.80. The summed E-state index contributed by atoms with van der Waals surface area (Å²) in [5.41, 5.74) is 2.60. The minimum absolute atomic E-state index is 0.0352. The van der Waals surface area contributed by atoms with Crippen molar-refractivity contribution in [2.24, 2.45) is 0 Å². The highest BCUT2D eigenvalue weighted by atomic mass is 16.5. The third-order valence-corrected chi connectivity index (χ3v) is 4.43. The summed E-state index contributed by atoms with van der Waals surface area (Å²) >= 11 is 0. The maximum Gasteiger partial charge on any atom is 0.340 e. The molecule has 146 valence electrons. The molecule has 0 atom stereocenters. The summed E-state index contributed by atoms with van der Waals surface area (Å²) in [7, 11) is 0. The van der Waals surface area contributed by atoms with Crippen LogP contribution >= 0.6 is 0 Å². The van der Waals surface area contributed by atoms with Gasteiger partial charge in [-0.2, -0.15) is 0 Å². The first-order valence-electron chi connectivity index (χ1n) is 9.25. The molecule has 0 spiro atoms. The number of para-hydroxylation sites is 1. The number of nitrogens with one attached hydrogen (secondary N) is 1. The summed E-state index contributed by atoms with van der Waals surface area (Å²) in [4.78, 5) is 17.1. The van der Waals surface area contributed by atoms with E-state index in [1.165, 1.54) is 0 Å². The third-order valence-electron chi connectivity index (χ3n) is 4.43. The van der Waals surface area contributed by atoms with Crippen LogP contribution in [0.5, 0.6) is 0 Å². The van der Waals surface area contributed by atoms with Crippen LogP contribution in [0.15, 0.2) is 81.8 Å². The molecule has 0 radical (unpaired) electrons. The summed E-state index contributed by atoms with van der Waals surface area (Å²) in [5.74, 6) is 1.48. The highest BCUT2D eigenvalue weighted by molar-refractivity contribution is 5.95. The molecule has 0 unspecified atom stereocenters. The van der Waals surface area contributed by atoms with E-state index >= 15 is 0 Å². The number of oxazole rings is 1. The molecule has 0 aliphatic heterocycles. The number of anilines is 1. The van der Waals surface area contributed by atoms with E-state index in [2.05, 4.69) is 10.3 Å². The predicted octanol–water partition coefficient (Wildman–Crippen LogP) is 5.21. The van der Waals surface area contributed by atoms with Gasteiger partial charge in [0.1, 0.15) is 23.8 Å². The number of esters is 1. The Morgan fingerprint density at radius 3 is 2.62 bits per heavy atom. The van der Waals surface area contributed by atoms with Crippen molar-refractivity contribution in [1.82, 2.24) is 4.98 Å².